The van der Waals surface area contributed by atoms with Crippen molar-refractivity contribution < 1.29 is 4.79 Å². The third-order valence-corrected chi connectivity index (χ3v) is 4.94. The van der Waals surface area contributed by atoms with Crippen LogP contribution in [0.4, 0.5) is 0 Å². The van der Waals surface area contributed by atoms with Crippen LogP contribution in [0, 0.1) is 5.41 Å². The summed E-state index contributed by atoms with van der Waals surface area (Å²) in [7, 11) is 0. The van der Waals surface area contributed by atoms with Gasteiger partial charge in [0.15, 0.2) is 0 Å². The average Bonchev–Trinajstić information content (AvgIpc) is 2.19. The number of hydrogen-bond acceptors (Lipinski definition) is 2. The zero-order valence-corrected chi connectivity index (χ0v) is 11.9. The number of thiocarbonyl (C=S) groups is 1. The SMILES string of the molecule is NC(=S)C1(C(=O)NC2CCCCCCC2)CCC1. The second-order valence-corrected chi connectivity index (χ2v) is 6.26. The van der Waals surface area contributed by atoms with Gasteiger partial charge in [-0.25, -0.2) is 0 Å². The molecule has 2 saturated carbocycles. The van der Waals surface area contributed by atoms with Crippen molar-refractivity contribution in [2.45, 2.75) is 70.3 Å². The zero-order chi connectivity index (χ0) is 13.0. The first kappa shape index (κ1) is 13.8. The Bertz CT molecular complexity index is 318. The summed E-state index contributed by atoms with van der Waals surface area (Å²) in [6.07, 6.45) is 11.3. The number of carbonyl (C=O) groups excluding carboxylic acids is 1. The molecule has 0 heterocycles. The van der Waals surface area contributed by atoms with Crippen LogP contribution in [0.5, 0.6) is 0 Å². The molecule has 2 aliphatic carbocycles. The van der Waals surface area contributed by atoms with Crippen molar-refractivity contribution in [1.82, 2.24) is 5.32 Å². The van der Waals surface area contributed by atoms with Crippen molar-refractivity contribution in [3.8, 4) is 0 Å². The lowest BCUT2D eigenvalue weighted by Crippen LogP contribution is -2.55. The lowest BCUT2D eigenvalue weighted by molar-refractivity contribution is -0.131. The van der Waals surface area contributed by atoms with Gasteiger partial charge in [0.25, 0.3) is 0 Å². The van der Waals surface area contributed by atoms with Gasteiger partial charge in [-0.05, 0) is 25.7 Å². The Morgan fingerprint density at radius 2 is 1.61 bits per heavy atom. The molecule has 0 aliphatic heterocycles. The fourth-order valence-corrected chi connectivity index (χ4v) is 3.34. The van der Waals surface area contributed by atoms with Gasteiger partial charge >= 0.3 is 0 Å². The van der Waals surface area contributed by atoms with Gasteiger partial charge < -0.3 is 11.1 Å². The molecule has 0 atom stereocenters. The van der Waals surface area contributed by atoms with Crippen molar-refractivity contribution in [2.24, 2.45) is 11.1 Å². The van der Waals surface area contributed by atoms with Crippen molar-refractivity contribution in [3.63, 3.8) is 0 Å². The molecule has 4 heteroatoms. The maximum Gasteiger partial charge on any atom is 0.233 e. The molecule has 102 valence electrons. The van der Waals surface area contributed by atoms with E-state index in [0.717, 1.165) is 32.1 Å². The van der Waals surface area contributed by atoms with E-state index >= 15 is 0 Å². The molecule has 0 bridgehead atoms. The second-order valence-electron chi connectivity index (χ2n) is 5.82. The molecule has 3 nitrogen and oxygen atoms in total. The van der Waals surface area contributed by atoms with Crippen LogP contribution in [0.2, 0.25) is 0 Å². The second kappa shape index (κ2) is 6.00. The summed E-state index contributed by atoms with van der Waals surface area (Å²) < 4.78 is 0. The van der Waals surface area contributed by atoms with Gasteiger partial charge in [-0.2, -0.15) is 0 Å². The first-order chi connectivity index (χ1) is 8.65. The summed E-state index contributed by atoms with van der Waals surface area (Å²) >= 11 is 5.09. The molecule has 0 spiro atoms. The van der Waals surface area contributed by atoms with E-state index in [1.807, 2.05) is 0 Å². The van der Waals surface area contributed by atoms with E-state index in [1.54, 1.807) is 0 Å². The Hall–Kier alpha value is -0.640. The number of hydrogen-bond donors (Lipinski definition) is 2. The molecule has 2 fully saturated rings. The first-order valence-corrected chi connectivity index (χ1v) is 7.67. The summed E-state index contributed by atoms with van der Waals surface area (Å²) in [5.41, 5.74) is 5.25. The van der Waals surface area contributed by atoms with Crippen LogP contribution < -0.4 is 11.1 Å². The molecule has 18 heavy (non-hydrogen) atoms. The predicted molar refractivity (Wildman–Crippen MR) is 77.3 cm³/mol. The van der Waals surface area contributed by atoms with Crippen LogP contribution in [0.15, 0.2) is 0 Å². The number of nitrogens with one attached hydrogen (secondary N) is 1. The standard InChI is InChI=1S/C14H24N2OS/c15-12(18)14(9-6-10-14)13(17)16-11-7-4-2-1-3-5-8-11/h11H,1-10H2,(H2,15,18)(H,16,17). The molecule has 0 radical (unpaired) electrons. The maximum atomic E-state index is 12.4. The van der Waals surface area contributed by atoms with Crippen molar-refractivity contribution in [3.05, 3.63) is 0 Å². The van der Waals surface area contributed by atoms with Crippen molar-refractivity contribution in [2.75, 3.05) is 0 Å². The van der Waals surface area contributed by atoms with Crippen molar-refractivity contribution >= 4 is 23.1 Å². The van der Waals surface area contributed by atoms with Crippen molar-refractivity contribution in [1.29, 1.82) is 0 Å². The van der Waals surface area contributed by atoms with Gasteiger partial charge in [0.05, 0.1) is 10.4 Å². The van der Waals surface area contributed by atoms with Gasteiger partial charge in [0, 0.05) is 6.04 Å². The Labute approximate surface area is 115 Å². The lowest BCUT2D eigenvalue weighted by atomic mass is 9.68. The largest absolute Gasteiger partial charge is 0.392 e. The minimum absolute atomic E-state index is 0.0897. The van der Waals surface area contributed by atoms with E-state index in [9.17, 15) is 4.79 Å². The smallest absolute Gasteiger partial charge is 0.233 e. The van der Waals surface area contributed by atoms with Gasteiger partial charge in [-0.15, -0.1) is 0 Å². The van der Waals surface area contributed by atoms with Gasteiger partial charge in [-0.3, -0.25) is 4.79 Å². The summed E-state index contributed by atoms with van der Waals surface area (Å²) in [5.74, 6) is 0.0897. The normalized spacial score (nSPS) is 24.4. The monoisotopic (exact) mass is 268 g/mol. The fourth-order valence-electron chi connectivity index (χ4n) is 3.04. The lowest BCUT2D eigenvalue weighted by Gasteiger charge is -2.40. The number of carbonyl (C=O) groups is 1. The first-order valence-electron chi connectivity index (χ1n) is 7.26. The highest BCUT2D eigenvalue weighted by molar-refractivity contribution is 7.80. The van der Waals surface area contributed by atoms with E-state index in [2.05, 4.69) is 5.32 Å². The number of nitrogens with two attached hydrogens (primary N) is 1. The van der Waals surface area contributed by atoms with Crippen LogP contribution in [-0.2, 0) is 4.79 Å². The highest BCUT2D eigenvalue weighted by Crippen LogP contribution is 2.41. The van der Waals surface area contributed by atoms with Crippen LogP contribution in [0.3, 0.4) is 0 Å². The highest BCUT2D eigenvalue weighted by Gasteiger charge is 2.47. The van der Waals surface area contributed by atoms with Gasteiger partial charge in [0.1, 0.15) is 0 Å². The Balaban J connectivity index is 1.91. The summed E-state index contributed by atoms with van der Waals surface area (Å²) in [4.78, 5) is 12.8. The summed E-state index contributed by atoms with van der Waals surface area (Å²) in [5, 5.41) is 3.20. The van der Waals surface area contributed by atoms with E-state index < -0.39 is 5.41 Å². The quantitative estimate of drug-likeness (QED) is 0.774. The molecule has 3 N–H and O–H groups in total. The molecule has 0 aromatic heterocycles. The molecule has 0 unspecified atom stereocenters. The summed E-state index contributed by atoms with van der Waals surface area (Å²) in [6, 6.07) is 0.338. The molecule has 1 amide bonds. The molecule has 0 aromatic rings. The van der Waals surface area contributed by atoms with Crippen LogP contribution in [0.1, 0.15) is 64.2 Å². The topological polar surface area (TPSA) is 55.1 Å². The zero-order valence-electron chi connectivity index (χ0n) is 11.0. The van der Waals surface area contributed by atoms with E-state index in [-0.39, 0.29) is 5.91 Å². The molecule has 0 aromatic carbocycles. The van der Waals surface area contributed by atoms with E-state index in [0.29, 0.717) is 11.0 Å². The molecule has 2 aliphatic rings. The molecular formula is C14H24N2OS. The average molecular weight is 268 g/mol. The minimum Gasteiger partial charge on any atom is -0.392 e. The summed E-state index contributed by atoms with van der Waals surface area (Å²) in [6.45, 7) is 0. The third kappa shape index (κ3) is 2.85. The van der Waals surface area contributed by atoms with Crippen LogP contribution >= 0.6 is 12.2 Å². The van der Waals surface area contributed by atoms with E-state index in [4.69, 9.17) is 18.0 Å². The van der Waals surface area contributed by atoms with E-state index in [1.165, 1.54) is 32.1 Å². The number of amides is 1. The Morgan fingerprint density at radius 3 is 2.06 bits per heavy atom. The minimum atomic E-state index is -0.516. The maximum absolute atomic E-state index is 12.4. The highest BCUT2D eigenvalue weighted by atomic mass is 32.1. The molecular weight excluding hydrogens is 244 g/mol. The Kier molecular flexibility index (Phi) is 4.60. The third-order valence-electron chi connectivity index (χ3n) is 4.55. The Morgan fingerprint density at radius 1 is 1.06 bits per heavy atom. The van der Waals surface area contributed by atoms with Gasteiger partial charge in [-0.1, -0.05) is 50.7 Å². The molecule has 0 saturated heterocycles. The fraction of sp³-hybridized carbons (Fsp3) is 0.857. The van der Waals surface area contributed by atoms with Crippen LogP contribution in [-0.4, -0.2) is 16.9 Å². The molecule has 2 rings (SSSR count). The number of rotatable bonds is 3. The predicted octanol–water partition coefficient (Wildman–Crippen LogP) is 2.67. The van der Waals surface area contributed by atoms with Gasteiger partial charge in [0.2, 0.25) is 5.91 Å². The van der Waals surface area contributed by atoms with Crippen LogP contribution in [0.25, 0.3) is 0 Å².